The molecule has 1 N–H and O–H groups in total. The first-order valence-corrected chi connectivity index (χ1v) is 14.2. The summed E-state index contributed by atoms with van der Waals surface area (Å²) in [7, 11) is -2.71. The molecule has 3 heterocycles. The molecule has 5 rings (SSSR count). The Morgan fingerprint density at radius 3 is 2.65 bits per heavy atom. The zero-order valence-corrected chi connectivity index (χ0v) is 22.4. The summed E-state index contributed by atoms with van der Waals surface area (Å²) in [6, 6.07) is 9.06. The lowest BCUT2D eigenvalue weighted by molar-refractivity contribution is -0.141. The number of nitrogens with zero attached hydrogens (tertiary/aromatic N) is 3. The van der Waals surface area contributed by atoms with Gasteiger partial charge in [-0.15, -0.1) is 0 Å². The first-order valence-electron chi connectivity index (χ1n) is 12.8. The molecule has 2 amide bonds. The largest absolute Gasteiger partial charge is 0.433 e. The lowest BCUT2D eigenvalue weighted by Gasteiger charge is -2.33. The number of ether oxygens (including phenoxy) is 1. The van der Waals surface area contributed by atoms with Gasteiger partial charge < -0.3 is 15.0 Å². The second-order valence-corrected chi connectivity index (χ2v) is 11.5. The number of alkyl halides is 3. The van der Waals surface area contributed by atoms with Gasteiger partial charge in [0.05, 0.1) is 5.69 Å². The van der Waals surface area contributed by atoms with Crippen LogP contribution in [0.1, 0.15) is 41.7 Å². The van der Waals surface area contributed by atoms with Crippen LogP contribution in [0.25, 0.3) is 10.8 Å². The highest BCUT2D eigenvalue weighted by atomic mass is 32.2. The number of methoxy groups -OCH3 is 1. The number of nitrogens with one attached hydrogen (secondary N) is 1. The van der Waals surface area contributed by atoms with Crippen LogP contribution in [0.3, 0.4) is 0 Å². The smallest absolute Gasteiger partial charge is 0.385 e. The zero-order chi connectivity index (χ0) is 28.7. The van der Waals surface area contributed by atoms with Gasteiger partial charge in [0.25, 0.3) is 5.91 Å². The van der Waals surface area contributed by atoms with Gasteiger partial charge in [-0.2, -0.15) is 17.5 Å². The quantitative estimate of drug-likeness (QED) is 0.398. The van der Waals surface area contributed by atoms with E-state index in [1.54, 1.807) is 42.3 Å². The maximum Gasteiger partial charge on any atom is 0.433 e. The molecular weight excluding hydrogens is 549 g/mol. The SMILES string of the molecule is COCCCN1C(=O)c2cccc3c(NC(=O)C4CCCCN4S(=O)(=O)c4ccc(C(F)(F)F)nc4)ccc1c23. The predicted octanol–water partition coefficient (Wildman–Crippen LogP) is 4.43. The topological polar surface area (TPSA) is 109 Å². The van der Waals surface area contributed by atoms with Crippen molar-refractivity contribution in [2.75, 3.05) is 37.0 Å². The number of halogens is 3. The summed E-state index contributed by atoms with van der Waals surface area (Å²) < 4.78 is 71.7. The summed E-state index contributed by atoms with van der Waals surface area (Å²) in [5.41, 5.74) is 0.456. The number of benzene rings is 2. The molecule has 1 unspecified atom stereocenters. The van der Waals surface area contributed by atoms with Crippen LogP contribution in [0.4, 0.5) is 24.5 Å². The van der Waals surface area contributed by atoms with Gasteiger partial charge in [0.1, 0.15) is 16.6 Å². The van der Waals surface area contributed by atoms with Crippen LogP contribution in [0.15, 0.2) is 53.6 Å². The van der Waals surface area contributed by atoms with E-state index in [2.05, 4.69) is 10.3 Å². The standard InChI is InChI=1S/C27H27F3N4O5S/c1-39-15-5-13-33-21-11-10-20(18-6-4-7-19(24(18)21)26(33)36)32-25(35)22-8-2-3-14-34(22)40(37,38)17-9-12-23(31-16-17)27(28,29)30/h4,6-7,9-12,16,22H,2-3,5,8,13-15H2,1H3,(H,32,35). The first kappa shape index (κ1) is 28.0. The summed E-state index contributed by atoms with van der Waals surface area (Å²) in [5, 5.41) is 4.18. The molecule has 1 aromatic heterocycles. The Balaban J connectivity index is 1.42. The third-order valence-electron chi connectivity index (χ3n) is 7.16. The number of rotatable bonds is 8. The van der Waals surface area contributed by atoms with E-state index in [1.807, 2.05) is 0 Å². The predicted molar refractivity (Wildman–Crippen MR) is 142 cm³/mol. The van der Waals surface area contributed by atoms with Crippen LogP contribution in [-0.4, -0.2) is 62.4 Å². The highest BCUT2D eigenvalue weighted by Gasteiger charge is 2.39. The maximum atomic E-state index is 13.5. The molecule has 9 nitrogen and oxygen atoms in total. The van der Waals surface area contributed by atoms with Gasteiger partial charge in [0.15, 0.2) is 0 Å². The number of pyridine rings is 1. The Hall–Kier alpha value is -3.55. The second kappa shape index (κ2) is 10.8. The van der Waals surface area contributed by atoms with Gasteiger partial charge in [0.2, 0.25) is 15.9 Å². The summed E-state index contributed by atoms with van der Waals surface area (Å²) in [6.45, 7) is 1.01. The average molecular weight is 577 g/mol. The molecule has 13 heteroatoms. The number of hydrogen-bond donors (Lipinski definition) is 1. The second-order valence-electron chi connectivity index (χ2n) is 9.66. The Kier molecular flexibility index (Phi) is 7.55. The fourth-order valence-electron chi connectivity index (χ4n) is 5.25. The number of hydrogen-bond acceptors (Lipinski definition) is 6. The number of sulfonamides is 1. The van der Waals surface area contributed by atoms with Crippen molar-refractivity contribution in [3.63, 3.8) is 0 Å². The van der Waals surface area contributed by atoms with Crippen molar-refractivity contribution in [1.82, 2.24) is 9.29 Å². The van der Waals surface area contributed by atoms with E-state index in [9.17, 15) is 31.2 Å². The first-order chi connectivity index (χ1) is 19.0. The average Bonchev–Trinajstić information content (AvgIpc) is 3.21. The van der Waals surface area contributed by atoms with Crippen molar-refractivity contribution >= 4 is 44.0 Å². The Morgan fingerprint density at radius 1 is 1.15 bits per heavy atom. The van der Waals surface area contributed by atoms with Gasteiger partial charge >= 0.3 is 6.18 Å². The molecular formula is C27H27F3N4O5S. The van der Waals surface area contributed by atoms with Crippen molar-refractivity contribution in [2.45, 2.75) is 42.8 Å². The molecule has 1 saturated heterocycles. The van der Waals surface area contributed by atoms with Crippen molar-refractivity contribution < 1.29 is 35.9 Å². The minimum Gasteiger partial charge on any atom is -0.385 e. The molecule has 212 valence electrons. The summed E-state index contributed by atoms with van der Waals surface area (Å²) in [5.74, 6) is -0.708. The van der Waals surface area contributed by atoms with Gasteiger partial charge in [-0.3, -0.25) is 14.6 Å². The van der Waals surface area contributed by atoms with Crippen LogP contribution < -0.4 is 10.2 Å². The Morgan fingerprint density at radius 2 is 1.95 bits per heavy atom. The minimum atomic E-state index is -4.71. The lowest BCUT2D eigenvalue weighted by atomic mass is 10.0. The van der Waals surface area contributed by atoms with Gasteiger partial charge in [0, 0.05) is 55.0 Å². The molecule has 2 aliphatic rings. The fraction of sp³-hybridized carbons (Fsp3) is 0.370. The Bertz CT molecular complexity index is 1560. The van der Waals surface area contributed by atoms with Crippen LogP contribution in [-0.2, 0) is 25.7 Å². The number of aromatic nitrogens is 1. The van der Waals surface area contributed by atoms with E-state index in [-0.39, 0.29) is 18.9 Å². The molecule has 1 atom stereocenters. The highest BCUT2D eigenvalue weighted by molar-refractivity contribution is 7.89. The number of piperidine rings is 1. The summed E-state index contributed by atoms with van der Waals surface area (Å²) >= 11 is 0. The van der Waals surface area contributed by atoms with Crippen LogP contribution in [0.5, 0.6) is 0 Å². The van der Waals surface area contributed by atoms with Crippen molar-refractivity contribution in [2.24, 2.45) is 0 Å². The van der Waals surface area contributed by atoms with Crippen LogP contribution in [0.2, 0.25) is 0 Å². The molecule has 0 aliphatic carbocycles. The van der Waals surface area contributed by atoms with E-state index >= 15 is 0 Å². The van der Waals surface area contributed by atoms with E-state index in [1.165, 1.54) is 0 Å². The molecule has 0 radical (unpaired) electrons. The molecule has 0 spiro atoms. The molecule has 2 aliphatic heterocycles. The van der Waals surface area contributed by atoms with Gasteiger partial charge in [-0.1, -0.05) is 18.6 Å². The van der Waals surface area contributed by atoms with E-state index in [0.29, 0.717) is 66.7 Å². The number of carbonyl (C=O) groups excluding carboxylic acids is 2. The zero-order valence-electron chi connectivity index (χ0n) is 21.6. The molecule has 1 fully saturated rings. The normalized spacial score (nSPS) is 17.9. The number of anilines is 2. The summed E-state index contributed by atoms with van der Waals surface area (Å²) in [4.78, 5) is 31.1. The third kappa shape index (κ3) is 5.04. The van der Waals surface area contributed by atoms with Gasteiger partial charge in [-0.05, 0) is 49.6 Å². The number of carbonyl (C=O) groups is 2. The molecule has 40 heavy (non-hydrogen) atoms. The number of amides is 2. The minimum absolute atomic E-state index is 0.0379. The van der Waals surface area contributed by atoms with Gasteiger partial charge in [-0.25, -0.2) is 8.42 Å². The molecule has 0 saturated carbocycles. The monoisotopic (exact) mass is 576 g/mol. The summed E-state index contributed by atoms with van der Waals surface area (Å²) in [6.07, 6.45) is -2.05. The maximum absolute atomic E-state index is 13.5. The van der Waals surface area contributed by atoms with E-state index in [4.69, 9.17) is 4.74 Å². The van der Waals surface area contributed by atoms with Crippen LogP contribution in [0, 0.1) is 0 Å². The van der Waals surface area contributed by atoms with Crippen molar-refractivity contribution in [1.29, 1.82) is 0 Å². The van der Waals surface area contributed by atoms with E-state index < -0.39 is 38.7 Å². The third-order valence-corrected chi connectivity index (χ3v) is 9.05. The highest BCUT2D eigenvalue weighted by Crippen LogP contribution is 2.41. The van der Waals surface area contributed by atoms with Crippen molar-refractivity contribution in [3.05, 3.63) is 59.9 Å². The molecule has 2 aromatic carbocycles. The molecule has 3 aromatic rings. The van der Waals surface area contributed by atoms with Crippen molar-refractivity contribution in [3.8, 4) is 0 Å². The fourth-order valence-corrected chi connectivity index (χ4v) is 6.85. The Labute approximate surface area is 229 Å². The molecule has 0 bridgehead atoms. The lowest BCUT2D eigenvalue weighted by Crippen LogP contribution is -2.49. The van der Waals surface area contributed by atoms with E-state index in [0.717, 1.165) is 16.1 Å². The van der Waals surface area contributed by atoms with Crippen LogP contribution >= 0.6 is 0 Å².